The molecule has 2 unspecified atom stereocenters. The van der Waals surface area contributed by atoms with Gasteiger partial charge in [-0.3, -0.25) is 0 Å². The summed E-state index contributed by atoms with van der Waals surface area (Å²) in [4.78, 5) is 14.5. The third-order valence-electron chi connectivity index (χ3n) is 4.62. The van der Waals surface area contributed by atoms with Crippen molar-refractivity contribution in [3.63, 3.8) is 0 Å². The number of benzene rings is 2. The first-order chi connectivity index (χ1) is 13.4. The summed E-state index contributed by atoms with van der Waals surface area (Å²) in [5.41, 5.74) is 2.14. The normalized spacial score (nSPS) is 12.9. The van der Waals surface area contributed by atoms with Gasteiger partial charge in [-0.25, -0.2) is 4.79 Å². The molecule has 0 saturated heterocycles. The van der Waals surface area contributed by atoms with E-state index in [0.29, 0.717) is 13.2 Å². The minimum absolute atomic E-state index is 0.0671. The van der Waals surface area contributed by atoms with E-state index in [0.717, 1.165) is 22.6 Å². The van der Waals surface area contributed by atoms with Crippen molar-refractivity contribution in [2.24, 2.45) is 0 Å². The number of hydrogen-bond donors (Lipinski definition) is 2. The lowest BCUT2D eigenvalue weighted by Crippen LogP contribution is -2.41. The number of nitrogens with one attached hydrogen (secondary N) is 2. The quantitative estimate of drug-likeness (QED) is 0.690. The second-order valence-corrected chi connectivity index (χ2v) is 6.83. The van der Waals surface area contributed by atoms with Gasteiger partial charge in [0.05, 0.1) is 25.8 Å². The highest BCUT2D eigenvalue weighted by molar-refractivity contribution is 5.74. The maximum absolute atomic E-state index is 12.4. The van der Waals surface area contributed by atoms with Crippen molar-refractivity contribution in [2.45, 2.75) is 25.9 Å². The molecule has 2 aromatic rings. The van der Waals surface area contributed by atoms with E-state index in [1.807, 2.05) is 76.5 Å². The molecule has 0 spiro atoms. The third-order valence-corrected chi connectivity index (χ3v) is 4.62. The molecule has 0 aliphatic heterocycles. The molecular weight excluding hydrogens is 354 g/mol. The van der Waals surface area contributed by atoms with Crippen molar-refractivity contribution in [3.8, 4) is 11.5 Å². The maximum atomic E-state index is 12.4. The van der Waals surface area contributed by atoms with Gasteiger partial charge in [0.1, 0.15) is 11.5 Å². The van der Waals surface area contributed by atoms with Crippen molar-refractivity contribution in [1.29, 1.82) is 0 Å². The number of carbonyl (C=O) groups excluding carboxylic acids is 1. The molecule has 0 heterocycles. The zero-order valence-electron chi connectivity index (χ0n) is 17.4. The van der Waals surface area contributed by atoms with Crippen LogP contribution < -0.4 is 20.1 Å². The van der Waals surface area contributed by atoms with Crippen LogP contribution in [0.1, 0.15) is 37.1 Å². The van der Waals surface area contributed by atoms with Gasteiger partial charge in [-0.05, 0) is 63.3 Å². The summed E-state index contributed by atoms with van der Waals surface area (Å²) in [6, 6.07) is 15.4. The number of hydrogen-bond acceptors (Lipinski definition) is 4. The first-order valence-electron chi connectivity index (χ1n) is 9.52. The largest absolute Gasteiger partial charge is 0.497 e. The predicted octanol–water partition coefficient (Wildman–Crippen LogP) is 3.76. The van der Waals surface area contributed by atoms with Gasteiger partial charge in [0.25, 0.3) is 0 Å². The van der Waals surface area contributed by atoms with Crippen molar-refractivity contribution in [2.75, 3.05) is 34.4 Å². The van der Waals surface area contributed by atoms with Crippen molar-refractivity contribution >= 4 is 6.03 Å². The second kappa shape index (κ2) is 10.6. The van der Waals surface area contributed by atoms with Gasteiger partial charge >= 0.3 is 6.03 Å². The number of likely N-dealkylation sites (N-methyl/N-ethyl adjacent to an activating group) is 1. The molecule has 2 atom stereocenters. The molecule has 0 saturated carbocycles. The highest BCUT2D eigenvalue weighted by Gasteiger charge is 2.16. The second-order valence-electron chi connectivity index (χ2n) is 6.83. The van der Waals surface area contributed by atoms with Gasteiger partial charge < -0.3 is 25.0 Å². The third kappa shape index (κ3) is 6.16. The minimum atomic E-state index is -0.193. The van der Waals surface area contributed by atoms with Crippen LogP contribution >= 0.6 is 0 Å². The first kappa shape index (κ1) is 21.6. The molecule has 0 aliphatic rings. The van der Waals surface area contributed by atoms with Crippen LogP contribution in [0.25, 0.3) is 0 Å². The van der Waals surface area contributed by atoms with Crippen molar-refractivity contribution < 1.29 is 14.3 Å². The molecule has 0 aromatic heterocycles. The molecule has 2 rings (SSSR count). The van der Waals surface area contributed by atoms with E-state index in [1.54, 1.807) is 7.11 Å². The predicted molar refractivity (Wildman–Crippen MR) is 112 cm³/mol. The van der Waals surface area contributed by atoms with Gasteiger partial charge in [0.2, 0.25) is 0 Å². The number of amides is 2. The molecule has 2 amide bonds. The summed E-state index contributed by atoms with van der Waals surface area (Å²) < 4.78 is 10.7. The Hall–Kier alpha value is -2.73. The molecule has 6 heteroatoms. The van der Waals surface area contributed by atoms with Crippen LogP contribution in [-0.2, 0) is 0 Å². The maximum Gasteiger partial charge on any atom is 0.315 e. The molecule has 0 bridgehead atoms. The van der Waals surface area contributed by atoms with E-state index in [9.17, 15) is 4.79 Å². The zero-order valence-corrected chi connectivity index (χ0v) is 17.4. The van der Waals surface area contributed by atoms with Crippen LogP contribution in [0, 0.1) is 0 Å². The van der Waals surface area contributed by atoms with Crippen LogP contribution in [0.3, 0.4) is 0 Å². The standard InChI is InChI=1S/C22H31N3O3/c1-6-28-20-13-7-17(8-14-20)16(2)24-22(26)23-15-21(25(3)4)18-9-11-19(27-5)12-10-18/h7-14,16,21H,6,15H2,1-5H3,(H2,23,24,26). The molecule has 6 nitrogen and oxygen atoms in total. The number of methoxy groups -OCH3 is 1. The molecule has 0 aliphatic carbocycles. The molecule has 152 valence electrons. The Bertz CT molecular complexity index is 730. The average molecular weight is 386 g/mol. The SMILES string of the molecule is CCOc1ccc(C(C)NC(=O)NCC(c2ccc(OC)cc2)N(C)C)cc1. The Morgan fingerprint density at radius 2 is 1.57 bits per heavy atom. The molecule has 2 aromatic carbocycles. The molecule has 28 heavy (non-hydrogen) atoms. The Morgan fingerprint density at radius 1 is 1.00 bits per heavy atom. The van der Waals surface area contributed by atoms with E-state index >= 15 is 0 Å². The molecular formula is C22H31N3O3. The number of nitrogens with zero attached hydrogens (tertiary/aromatic N) is 1. The smallest absolute Gasteiger partial charge is 0.315 e. The van der Waals surface area contributed by atoms with E-state index in [4.69, 9.17) is 9.47 Å². The summed E-state index contributed by atoms with van der Waals surface area (Å²) in [5, 5.41) is 5.96. The molecule has 2 N–H and O–H groups in total. The van der Waals surface area contributed by atoms with Gasteiger partial charge in [0.15, 0.2) is 0 Å². The van der Waals surface area contributed by atoms with E-state index in [1.165, 1.54) is 0 Å². The summed E-state index contributed by atoms with van der Waals surface area (Å²) in [7, 11) is 5.64. The molecule has 0 fully saturated rings. The van der Waals surface area contributed by atoms with Gasteiger partial charge in [-0.1, -0.05) is 24.3 Å². The Morgan fingerprint density at radius 3 is 2.11 bits per heavy atom. The lowest BCUT2D eigenvalue weighted by Gasteiger charge is -2.26. The number of carbonyl (C=O) groups is 1. The van der Waals surface area contributed by atoms with Crippen molar-refractivity contribution in [3.05, 3.63) is 59.7 Å². The summed E-state index contributed by atoms with van der Waals surface area (Å²) >= 11 is 0. The molecule has 0 radical (unpaired) electrons. The average Bonchev–Trinajstić information content (AvgIpc) is 2.69. The van der Waals surface area contributed by atoms with Crippen LogP contribution in [-0.4, -0.2) is 45.3 Å². The number of urea groups is 1. The van der Waals surface area contributed by atoms with Gasteiger partial charge in [-0.15, -0.1) is 0 Å². The Labute approximate surface area is 167 Å². The van der Waals surface area contributed by atoms with Crippen LogP contribution in [0.4, 0.5) is 4.79 Å². The van der Waals surface area contributed by atoms with Crippen LogP contribution in [0.15, 0.2) is 48.5 Å². The van der Waals surface area contributed by atoms with Crippen LogP contribution in [0.2, 0.25) is 0 Å². The highest BCUT2D eigenvalue weighted by Crippen LogP contribution is 2.21. The fraction of sp³-hybridized carbons (Fsp3) is 0.409. The Balaban J connectivity index is 1.91. The van der Waals surface area contributed by atoms with Crippen LogP contribution in [0.5, 0.6) is 11.5 Å². The first-order valence-corrected chi connectivity index (χ1v) is 9.52. The lowest BCUT2D eigenvalue weighted by molar-refractivity contribution is 0.230. The van der Waals surface area contributed by atoms with E-state index in [-0.39, 0.29) is 18.1 Å². The van der Waals surface area contributed by atoms with Crippen molar-refractivity contribution in [1.82, 2.24) is 15.5 Å². The van der Waals surface area contributed by atoms with E-state index < -0.39 is 0 Å². The zero-order chi connectivity index (χ0) is 20.5. The Kier molecular flexibility index (Phi) is 8.14. The highest BCUT2D eigenvalue weighted by atomic mass is 16.5. The fourth-order valence-electron chi connectivity index (χ4n) is 2.96. The topological polar surface area (TPSA) is 62.8 Å². The fourth-order valence-corrected chi connectivity index (χ4v) is 2.96. The van der Waals surface area contributed by atoms with Gasteiger partial charge in [0, 0.05) is 6.54 Å². The number of ether oxygens (including phenoxy) is 2. The minimum Gasteiger partial charge on any atom is -0.497 e. The summed E-state index contributed by atoms with van der Waals surface area (Å²) in [5.74, 6) is 1.65. The lowest BCUT2D eigenvalue weighted by atomic mass is 10.1. The number of rotatable bonds is 9. The van der Waals surface area contributed by atoms with E-state index in [2.05, 4.69) is 15.5 Å². The monoisotopic (exact) mass is 385 g/mol. The van der Waals surface area contributed by atoms with Gasteiger partial charge in [-0.2, -0.15) is 0 Å². The summed E-state index contributed by atoms with van der Waals surface area (Å²) in [6.45, 7) is 5.05. The summed E-state index contributed by atoms with van der Waals surface area (Å²) in [6.07, 6.45) is 0.